The Morgan fingerprint density at radius 3 is 1.92 bits per heavy atom. The predicted molar refractivity (Wildman–Crippen MR) is 95.3 cm³/mol. The fourth-order valence-electron chi connectivity index (χ4n) is 1.64. The van der Waals surface area contributed by atoms with Crippen molar-refractivity contribution in [1.82, 2.24) is 0 Å². The van der Waals surface area contributed by atoms with E-state index in [4.69, 9.17) is 19.7 Å². The summed E-state index contributed by atoms with van der Waals surface area (Å²) in [5, 5.41) is 17.4. The highest BCUT2D eigenvalue weighted by atomic mass is 79.9. The maximum atomic E-state index is 10.6. The van der Waals surface area contributed by atoms with Crippen molar-refractivity contribution in [2.75, 3.05) is 14.2 Å². The monoisotopic (exact) mass is 460 g/mol. The van der Waals surface area contributed by atoms with Crippen LogP contribution in [-0.4, -0.2) is 36.4 Å². The third kappa shape index (κ3) is 5.54. The Kier molecular flexibility index (Phi) is 7.73. The molecule has 0 heterocycles. The number of ether oxygens (including phenoxy) is 2. The van der Waals surface area contributed by atoms with E-state index in [-0.39, 0.29) is 11.1 Å². The number of methoxy groups -OCH3 is 2. The lowest BCUT2D eigenvalue weighted by atomic mass is 10.2. The molecule has 0 aromatic heterocycles. The SMILES string of the molecule is COc1cc(Br)ccc1C(=O)O.COc1ccc(C(=O)O)c(Br)c1. The molecular formula is C16H14Br2O6. The molecule has 8 heteroatoms. The highest BCUT2D eigenvalue weighted by molar-refractivity contribution is 9.10. The molecule has 0 aliphatic heterocycles. The van der Waals surface area contributed by atoms with Crippen molar-refractivity contribution >= 4 is 43.8 Å². The summed E-state index contributed by atoms with van der Waals surface area (Å²) in [5.41, 5.74) is 0.400. The van der Waals surface area contributed by atoms with Crippen LogP contribution in [0.2, 0.25) is 0 Å². The third-order valence-electron chi connectivity index (χ3n) is 2.80. The van der Waals surface area contributed by atoms with Gasteiger partial charge < -0.3 is 19.7 Å². The van der Waals surface area contributed by atoms with Crippen LogP contribution >= 0.6 is 31.9 Å². The van der Waals surface area contributed by atoms with E-state index < -0.39 is 11.9 Å². The zero-order chi connectivity index (χ0) is 18.3. The molecule has 2 aromatic rings. The molecule has 0 spiro atoms. The summed E-state index contributed by atoms with van der Waals surface area (Å²) >= 11 is 6.34. The van der Waals surface area contributed by atoms with E-state index in [1.54, 1.807) is 24.3 Å². The minimum Gasteiger partial charge on any atom is -0.497 e. The first kappa shape index (κ1) is 20.0. The minimum atomic E-state index is -0.987. The lowest BCUT2D eigenvalue weighted by Gasteiger charge is -2.03. The zero-order valence-corrected chi connectivity index (χ0v) is 15.9. The number of hydrogen-bond acceptors (Lipinski definition) is 4. The number of halogens is 2. The van der Waals surface area contributed by atoms with Gasteiger partial charge in [-0.1, -0.05) is 15.9 Å². The summed E-state index contributed by atoms with van der Waals surface area (Å²) in [6.45, 7) is 0. The third-order valence-corrected chi connectivity index (χ3v) is 3.95. The van der Waals surface area contributed by atoms with Gasteiger partial charge in [-0.25, -0.2) is 9.59 Å². The number of carboxylic acid groups (broad SMARTS) is 2. The number of carbonyl (C=O) groups is 2. The van der Waals surface area contributed by atoms with Crippen LogP contribution in [0.1, 0.15) is 20.7 Å². The van der Waals surface area contributed by atoms with E-state index in [1.807, 2.05) is 0 Å². The molecule has 128 valence electrons. The highest BCUT2D eigenvalue weighted by Gasteiger charge is 2.10. The average Bonchev–Trinajstić information content (AvgIpc) is 2.54. The lowest BCUT2D eigenvalue weighted by Crippen LogP contribution is -1.99. The Labute approximate surface area is 155 Å². The Bertz CT molecular complexity index is 745. The lowest BCUT2D eigenvalue weighted by molar-refractivity contribution is 0.0683. The van der Waals surface area contributed by atoms with Crippen molar-refractivity contribution in [2.24, 2.45) is 0 Å². The van der Waals surface area contributed by atoms with Gasteiger partial charge in [0.05, 0.1) is 19.8 Å². The van der Waals surface area contributed by atoms with Gasteiger partial charge in [0.1, 0.15) is 17.1 Å². The summed E-state index contributed by atoms with van der Waals surface area (Å²) in [4.78, 5) is 21.1. The quantitative estimate of drug-likeness (QED) is 0.704. The smallest absolute Gasteiger partial charge is 0.339 e. The fourth-order valence-corrected chi connectivity index (χ4v) is 2.51. The first-order valence-corrected chi connectivity index (χ1v) is 8.02. The van der Waals surface area contributed by atoms with Gasteiger partial charge >= 0.3 is 11.9 Å². The van der Waals surface area contributed by atoms with Crippen LogP contribution < -0.4 is 9.47 Å². The number of hydrogen-bond donors (Lipinski definition) is 2. The molecule has 0 fully saturated rings. The van der Waals surface area contributed by atoms with Crippen molar-refractivity contribution in [3.63, 3.8) is 0 Å². The van der Waals surface area contributed by atoms with E-state index >= 15 is 0 Å². The maximum Gasteiger partial charge on any atom is 0.339 e. The van der Waals surface area contributed by atoms with Crippen molar-refractivity contribution < 1.29 is 29.3 Å². The van der Waals surface area contributed by atoms with Crippen LogP contribution in [0.25, 0.3) is 0 Å². The Morgan fingerprint density at radius 2 is 1.46 bits per heavy atom. The maximum absolute atomic E-state index is 10.6. The van der Waals surface area contributed by atoms with Gasteiger partial charge in [-0.05, 0) is 52.3 Å². The van der Waals surface area contributed by atoms with E-state index in [9.17, 15) is 9.59 Å². The standard InChI is InChI=1S/2C8H7BrO3/c1-12-5-2-3-6(8(10)11)7(9)4-5;1-12-7-4-5(9)2-3-6(7)8(10)11/h2*2-4H,1H3,(H,10,11). The zero-order valence-electron chi connectivity index (χ0n) is 12.7. The summed E-state index contributed by atoms with van der Waals surface area (Å²) in [5.74, 6) is -0.951. The van der Waals surface area contributed by atoms with Crippen molar-refractivity contribution in [2.45, 2.75) is 0 Å². The molecule has 0 saturated heterocycles. The van der Waals surface area contributed by atoms with Crippen molar-refractivity contribution in [3.8, 4) is 11.5 Å². The van der Waals surface area contributed by atoms with E-state index in [1.165, 1.54) is 26.4 Å². The van der Waals surface area contributed by atoms with Gasteiger partial charge in [0.25, 0.3) is 0 Å². The number of benzene rings is 2. The van der Waals surface area contributed by atoms with Crippen molar-refractivity contribution in [3.05, 3.63) is 56.5 Å². The van der Waals surface area contributed by atoms with Crippen molar-refractivity contribution in [1.29, 1.82) is 0 Å². The van der Waals surface area contributed by atoms with E-state index in [2.05, 4.69) is 31.9 Å². The molecular weight excluding hydrogens is 448 g/mol. The molecule has 6 nitrogen and oxygen atoms in total. The first-order chi connectivity index (χ1) is 11.3. The second-order valence-electron chi connectivity index (χ2n) is 4.30. The Hall–Kier alpha value is -2.06. The van der Waals surface area contributed by atoms with Crippen LogP contribution in [0.3, 0.4) is 0 Å². The number of rotatable bonds is 4. The molecule has 0 bridgehead atoms. The molecule has 2 rings (SSSR count). The summed E-state index contributed by atoms with van der Waals surface area (Å²) in [7, 11) is 2.97. The molecule has 0 aliphatic carbocycles. The summed E-state index contributed by atoms with van der Waals surface area (Å²) < 4.78 is 11.1. The van der Waals surface area contributed by atoms with Crippen LogP contribution in [0.5, 0.6) is 11.5 Å². The molecule has 24 heavy (non-hydrogen) atoms. The molecule has 0 saturated carbocycles. The molecule has 2 aromatic carbocycles. The van der Waals surface area contributed by atoms with Crippen LogP contribution in [0.15, 0.2) is 45.3 Å². The van der Waals surface area contributed by atoms with Gasteiger partial charge in [-0.2, -0.15) is 0 Å². The Morgan fingerprint density at radius 1 is 0.875 bits per heavy atom. The van der Waals surface area contributed by atoms with Gasteiger partial charge in [-0.15, -0.1) is 0 Å². The van der Waals surface area contributed by atoms with Gasteiger partial charge in [0, 0.05) is 8.95 Å². The molecule has 0 atom stereocenters. The van der Waals surface area contributed by atoms with Crippen LogP contribution in [0, 0.1) is 0 Å². The predicted octanol–water partition coefficient (Wildman–Crippen LogP) is 4.31. The van der Waals surface area contributed by atoms with E-state index in [0.717, 1.165) is 4.47 Å². The summed E-state index contributed by atoms with van der Waals surface area (Å²) in [6.07, 6.45) is 0. The number of aromatic carboxylic acids is 2. The van der Waals surface area contributed by atoms with Crippen LogP contribution in [-0.2, 0) is 0 Å². The topological polar surface area (TPSA) is 93.1 Å². The number of carboxylic acids is 2. The molecule has 2 N–H and O–H groups in total. The van der Waals surface area contributed by atoms with Gasteiger partial charge in [0.15, 0.2) is 0 Å². The van der Waals surface area contributed by atoms with E-state index in [0.29, 0.717) is 16.0 Å². The van der Waals surface area contributed by atoms with Gasteiger partial charge in [-0.3, -0.25) is 0 Å². The minimum absolute atomic E-state index is 0.167. The largest absolute Gasteiger partial charge is 0.497 e. The second-order valence-corrected chi connectivity index (χ2v) is 6.07. The fraction of sp³-hybridized carbons (Fsp3) is 0.125. The normalized spacial score (nSPS) is 9.50. The Balaban J connectivity index is 0.000000240. The summed E-state index contributed by atoms with van der Waals surface area (Å²) in [6, 6.07) is 9.48. The molecule has 0 amide bonds. The second kappa shape index (κ2) is 9.29. The van der Waals surface area contributed by atoms with Crippen LogP contribution in [0.4, 0.5) is 0 Å². The molecule has 0 radical (unpaired) electrons. The molecule has 0 unspecified atom stereocenters. The average molecular weight is 462 g/mol. The first-order valence-electron chi connectivity index (χ1n) is 6.43. The molecule has 0 aliphatic rings. The van der Waals surface area contributed by atoms with Gasteiger partial charge in [0.2, 0.25) is 0 Å². The highest BCUT2D eigenvalue weighted by Crippen LogP contribution is 2.23.